The number of thiophene rings is 1. The van der Waals surface area contributed by atoms with E-state index in [1.165, 1.54) is 6.07 Å². The van der Waals surface area contributed by atoms with Crippen molar-refractivity contribution in [1.29, 1.82) is 0 Å². The molecular weight excluding hydrogens is 303 g/mol. The van der Waals surface area contributed by atoms with E-state index >= 15 is 0 Å². The fourth-order valence-electron chi connectivity index (χ4n) is 1.68. The molecule has 0 spiro atoms. The maximum atomic E-state index is 13.7. The molecule has 1 heterocycles. The predicted octanol–water partition coefficient (Wildman–Crippen LogP) is 3.87. The lowest BCUT2D eigenvalue weighted by molar-refractivity contribution is 0.623. The minimum Gasteiger partial charge on any atom is -0.397 e. The van der Waals surface area contributed by atoms with Gasteiger partial charge in [0.05, 0.1) is 17.9 Å². The van der Waals surface area contributed by atoms with Gasteiger partial charge in [0.2, 0.25) is 0 Å². The van der Waals surface area contributed by atoms with E-state index in [4.69, 9.17) is 5.73 Å². The molecule has 0 bridgehead atoms. The number of hydrogen-bond acceptors (Lipinski definition) is 3. The number of nitrogens with two attached hydrogens (primary N) is 1. The smallest absolute Gasteiger partial charge is 0.148 e. The summed E-state index contributed by atoms with van der Waals surface area (Å²) in [5.41, 5.74) is 6.71. The first-order valence-corrected chi connectivity index (χ1v) is 6.73. The summed E-state index contributed by atoms with van der Waals surface area (Å²) in [7, 11) is 1.84. The van der Waals surface area contributed by atoms with Gasteiger partial charge in [-0.3, -0.25) is 0 Å². The highest BCUT2D eigenvalue weighted by Crippen LogP contribution is 2.28. The van der Waals surface area contributed by atoms with Crippen LogP contribution in [0.2, 0.25) is 0 Å². The molecule has 0 saturated heterocycles. The van der Waals surface area contributed by atoms with Crippen LogP contribution in [-0.2, 0) is 6.54 Å². The maximum absolute atomic E-state index is 13.7. The van der Waals surface area contributed by atoms with Crippen LogP contribution in [0.4, 0.5) is 15.8 Å². The van der Waals surface area contributed by atoms with Gasteiger partial charge in [0.1, 0.15) is 5.82 Å². The van der Waals surface area contributed by atoms with Crippen molar-refractivity contribution < 1.29 is 4.39 Å². The predicted molar refractivity (Wildman–Crippen MR) is 74.9 cm³/mol. The Morgan fingerprint density at radius 1 is 1.47 bits per heavy atom. The van der Waals surface area contributed by atoms with Crippen molar-refractivity contribution in [3.8, 4) is 0 Å². The van der Waals surface area contributed by atoms with E-state index in [1.54, 1.807) is 23.5 Å². The third kappa shape index (κ3) is 2.79. The Hall–Kier alpha value is -1.07. The maximum Gasteiger partial charge on any atom is 0.148 e. The van der Waals surface area contributed by atoms with Crippen LogP contribution in [0.5, 0.6) is 0 Å². The Bertz CT molecular complexity index is 507. The SMILES string of the molecule is CN(Cc1cc(Br)cs1)c1c(N)cccc1F. The first-order chi connectivity index (χ1) is 8.08. The van der Waals surface area contributed by atoms with Gasteiger partial charge in [-0.05, 0) is 34.1 Å². The number of anilines is 2. The number of rotatable bonds is 3. The first kappa shape index (κ1) is 12.4. The van der Waals surface area contributed by atoms with Crippen molar-refractivity contribution in [2.75, 3.05) is 17.7 Å². The molecule has 0 unspecified atom stereocenters. The van der Waals surface area contributed by atoms with E-state index < -0.39 is 0 Å². The van der Waals surface area contributed by atoms with Crippen molar-refractivity contribution in [2.24, 2.45) is 0 Å². The van der Waals surface area contributed by atoms with Crippen LogP contribution in [0.15, 0.2) is 34.1 Å². The molecular formula is C12H12BrFN2S. The Labute approximate surface area is 112 Å². The molecule has 2 N–H and O–H groups in total. The van der Waals surface area contributed by atoms with Gasteiger partial charge >= 0.3 is 0 Å². The topological polar surface area (TPSA) is 29.3 Å². The third-order valence-corrected chi connectivity index (χ3v) is 4.10. The van der Waals surface area contributed by atoms with Crippen molar-refractivity contribution in [3.05, 3.63) is 44.8 Å². The van der Waals surface area contributed by atoms with Gasteiger partial charge in [0.25, 0.3) is 0 Å². The Balaban J connectivity index is 2.22. The fraction of sp³-hybridized carbons (Fsp3) is 0.167. The van der Waals surface area contributed by atoms with Gasteiger partial charge in [-0.15, -0.1) is 11.3 Å². The number of benzene rings is 1. The molecule has 17 heavy (non-hydrogen) atoms. The molecule has 90 valence electrons. The summed E-state index contributed by atoms with van der Waals surface area (Å²) in [4.78, 5) is 2.98. The van der Waals surface area contributed by atoms with Gasteiger partial charge in [0.15, 0.2) is 0 Å². The van der Waals surface area contributed by atoms with Crippen molar-refractivity contribution in [1.82, 2.24) is 0 Å². The molecule has 5 heteroatoms. The number of hydrogen-bond donors (Lipinski definition) is 1. The Morgan fingerprint density at radius 2 is 2.24 bits per heavy atom. The zero-order valence-electron chi connectivity index (χ0n) is 9.28. The zero-order chi connectivity index (χ0) is 12.4. The van der Waals surface area contributed by atoms with E-state index in [-0.39, 0.29) is 5.82 Å². The highest BCUT2D eigenvalue weighted by molar-refractivity contribution is 9.10. The van der Waals surface area contributed by atoms with Crippen molar-refractivity contribution in [3.63, 3.8) is 0 Å². The lowest BCUT2D eigenvalue weighted by atomic mass is 10.2. The summed E-state index contributed by atoms with van der Waals surface area (Å²) in [6.07, 6.45) is 0. The number of para-hydroxylation sites is 1. The van der Waals surface area contributed by atoms with Crippen molar-refractivity contribution in [2.45, 2.75) is 6.54 Å². The second kappa shape index (κ2) is 5.06. The molecule has 0 saturated carbocycles. The van der Waals surface area contributed by atoms with Crippen LogP contribution in [0.1, 0.15) is 4.88 Å². The average molecular weight is 315 g/mol. The minimum atomic E-state index is -0.289. The van der Waals surface area contributed by atoms with Gasteiger partial charge in [-0.2, -0.15) is 0 Å². The number of nitrogen functional groups attached to an aromatic ring is 1. The van der Waals surface area contributed by atoms with Crippen LogP contribution < -0.4 is 10.6 Å². The molecule has 2 nitrogen and oxygen atoms in total. The summed E-state index contributed by atoms with van der Waals surface area (Å²) in [5, 5.41) is 2.01. The van der Waals surface area contributed by atoms with Gasteiger partial charge in [0, 0.05) is 21.8 Å². The minimum absolute atomic E-state index is 0.289. The first-order valence-electron chi connectivity index (χ1n) is 5.06. The molecule has 0 radical (unpaired) electrons. The molecule has 0 aliphatic carbocycles. The average Bonchev–Trinajstić information content (AvgIpc) is 2.63. The molecule has 0 atom stereocenters. The van der Waals surface area contributed by atoms with Crippen molar-refractivity contribution >= 4 is 38.6 Å². The van der Waals surface area contributed by atoms with Gasteiger partial charge in [-0.25, -0.2) is 4.39 Å². The molecule has 0 amide bonds. The van der Waals surface area contributed by atoms with E-state index in [0.29, 0.717) is 17.9 Å². The monoisotopic (exact) mass is 314 g/mol. The molecule has 2 rings (SSSR count). The van der Waals surface area contributed by atoms with E-state index in [2.05, 4.69) is 15.9 Å². The molecule has 0 aliphatic heterocycles. The molecule has 1 aromatic carbocycles. The number of halogens is 2. The summed E-state index contributed by atoms with van der Waals surface area (Å²) in [6, 6.07) is 6.77. The van der Waals surface area contributed by atoms with Crippen LogP contribution in [-0.4, -0.2) is 7.05 Å². The second-order valence-corrected chi connectivity index (χ2v) is 5.68. The molecule has 1 aromatic heterocycles. The molecule has 0 fully saturated rings. The van der Waals surface area contributed by atoms with Crippen LogP contribution >= 0.6 is 27.3 Å². The summed E-state index contributed by atoms with van der Waals surface area (Å²) in [6.45, 7) is 0.640. The normalized spacial score (nSPS) is 10.5. The standard InChI is InChI=1S/C12H12BrFN2S/c1-16(6-9-5-8(13)7-17-9)12-10(14)3-2-4-11(12)15/h2-5,7H,6,15H2,1H3. The van der Waals surface area contributed by atoms with Crippen LogP contribution in [0.25, 0.3) is 0 Å². The highest BCUT2D eigenvalue weighted by Gasteiger charge is 2.12. The second-order valence-electron chi connectivity index (χ2n) is 3.76. The van der Waals surface area contributed by atoms with Crippen LogP contribution in [0.3, 0.4) is 0 Å². The Morgan fingerprint density at radius 3 is 2.82 bits per heavy atom. The summed E-state index contributed by atoms with van der Waals surface area (Å²) >= 11 is 5.03. The van der Waals surface area contributed by atoms with Gasteiger partial charge < -0.3 is 10.6 Å². The third-order valence-electron chi connectivity index (χ3n) is 2.41. The quantitative estimate of drug-likeness (QED) is 0.871. The lowest BCUT2D eigenvalue weighted by Crippen LogP contribution is -2.18. The molecule has 2 aromatic rings. The largest absolute Gasteiger partial charge is 0.397 e. The van der Waals surface area contributed by atoms with Gasteiger partial charge in [-0.1, -0.05) is 6.07 Å². The van der Waals surface area contributed by atoms with Crippen LogP contribution in [0, 0.1) is 5.82 Å². The van der Waals surface area contributed by atoms with E-state index in [1.807, 2.05) is 23.4 Å². The lowest BCUT2D eigenvalue weighted by Gasteiger charge is -2.20. The summed E-state index contributed by atoms with van der Waals surface area (Å²) in [5.74, 6) is -0.289. The van der Waals surface area contributed by atoms with E-state index in [0.717, 1.165) is 9.35 Å². The number of nitrogens with zero attached hydrogens (tertiary/aromatic N) is 1. The zero-order valence-corrected chi connectivity index (χ0v) is 11.7. The Kier molecular flexibility index (Phi) is 3.69. The fourth-order valence-corrected chi connectivity index (χ4v) is 3.19. The summed E-state index contributed by atoms with van der Waals surface area (Å²) < 4.78 is 14.7. The molecule has 0 aliphatic rings. The van der Waals surface area contributed by atoms with E-state index in [9.17, 15) is 4.39 Å². The highest BCUT2D eigenvalue weighted by atomic mass is 79.9.